The third-order valence-corrected chi connectivity index (χ3v) is 18.3. The van der Waals surface area contributed by atoms with E-state index in [1.54, 1.807) is 35.1 Å². The Kier molecular flexibility index (Phi) is 37.8. The third-order valence-electron chi connectivity index (χ3n) is 18.3. The van der Waals surface area contributed by atoms with Gasteiger partial charge in [0.2, 0.25) is 35.4 Å². The summed E-state index contributed by atoms with van der Waals surface area (Å²) in [5.74, 6) is -9.44. The molecule has 1 saturated heterocycles. The first-order chi connectivity index (χ1) is 54.9. The molecule has 6 heterocycles. The first-order valence-corrected chi connectivity index (χ1v) is 37.6. The van der Waals surface area contributed by atoms with Crippen molar-refractivity contribution in [3.8, 4) is 22.5 Å². The number of aliphatic imine (C=N–C) groups is 6. The van der Waals surface area contributed by atoms with Gasteiger partial charge in [-0.3, -0.25) is 97.7 Å². The number of aromatic nitrogens is 5. The number of carbonyl (C=O) groups excluding carboxylic acids is 7. The molecule has 0 saturated carbocycles. The number of carboxylic acids is 2. The van der Waals surface area contributed by atoms with Gasteiger partial charge in [0.25, 0.3) is 5.91 Å². The lowest BCUT2D eigenvalue weighted by Crippen LogP contribution is -2.59. The smallest absolute Gasteiger partial charge is 0.317 e. The average Bonchev–Trinajstić information content (AvgIpc) is 1.80. The van der Waals surface area contributed by atoms with Crippen molar-refractivity contribution in [3.05, 3.63) is 83.4 Å². The Balaban J connectivity index is 1.31. The Hall–Kier alpha value is -12.7. The van der Waals surface area contributed by atoms with Crippen molar-refractivity contribution in [3.63, 3.8) is 0 Å². The second-order valence-electron chi connectivity index (χ2n) is 27.5. The van der Waals surface area contributed by atoms with Crippen molar-refractivity contribution in [1.82, 2.24) is 76.5 Å². The fraction of sp³-hybridized carbons (Fsp3) is 0.529. The van der Waals surface area contributed by atoms with Crippen LogP contribution >= 0.6 is 0 Å². The zero-order chi connectivity index (χ0) is 83.9. The first-order valence-electron chi connectivity index (χ1n) is 37.6. The van der Waals surface area contributed by atoms with Crippen LogP contribution in [-0.4, -0.2) is 285 Å². The van der Waals surface area contributed by atoms with Crippen LogP contribution in [0.25, 0.3) is 22.5 Å². The van der Waals surface area contributed by atoms with Gasteiger partial charge in [-0.05, 0) is 125 Å². The van der Waals surface area contributed by atoms with Gasteiger partial charge in [0.15, 0.2) is 35.8 Å². The van der Waals surface area contributed by atoms with Gasteiger partial charge in [-0.15, -0.1) is 5.10 Å². The van der Waals surface area contributed by atoms with E-state index < -0.39 is 89.5 Å². The summed E-state index contributed by atoms with van der Waals surface area (Å²) in [5, 5.41) is 45.0. The third kappa shape index (κ3) is 34.1. The normalized spacial score (nSPS) is 16.0. The minimum Gasteiger partial charge on any atom is -0.480 e. The summed E-state index contributed by atoms with van der Waals surface area (Å²) in [6.07, 6.45) is 1.66. The SMILES string of the molecule is NC(=O)[C@H](CCCN=C(N)N)NC(=O)[C@@H](CCCN=C(N)N)NC(=O)[C@H](CCCN=C(N)N)NC(=O)[C@@H](CCCN=C(N)N)NC(=O)[C@H](CCCN=C(N)N)NC(=O)[C@@H](CCCN=C(N)N)NC(=O)c1ccc(-c2cc3nc(c2)Cn2nncc2-c2cccc(n2)CN2CCN(CC(=O)O)CCN(CCN(CC(=O)O)CC2)C3)cc1. The number of amides is 7. The molecule has 0 radical (unpaired) electrons. The predicted octanol–water partition coefficient (Wildman–Crippen LogP) is -7.82. The lowest BCUT2D eigenvalue weighted by atomic mass is 10.0. The molecule has 45 heteroatoms. The highest BCUT2D eigenvalue weighted by molar-refractivity contribution is 6.00. The fourth-order valence-corrected chi connectivity index (χ4v) is 12.5. The van der Waals surface area contributed by atoms with Gasteiger partial charge in [-0.25, -0.2) is 9.67 Å². The minimum atomic E-state index is -1.50. The van der Waals surface area contributed by atoms with E-state index in [1.165, 1.54) is 0 Å². The van der Waals surface area contributed by atoms with E-state index in [0.29, 0.717) is 92.8 Å². The summed E-state index contributed by atoms with van der Waals surface area (Å²) < 4.78 is 1.70. The lowest BCUT2D eigenvalue weighted by molar-refractivity contribution is -0.139. The van der Waals surface area contributed by atoms with Crippen LogP contribution in [0.2, 0.25) is 0 Å². The second kappa shape index (κ2) is 47.7. The van der Waals surface area contributed by atoms with Crippen LogP contribution < -0.4 is 106 Å². The molecule has 0 spiro atoms. The van der Waals surface area contributed by atoms with Crippen LogP contribution in [0.1, 0.15) is 104 Å². The summed E-state index contributed by atoms with van der Waals surface area (Å²) in [5.41, 5.74) is 77.4. The van der Waals surface area contributed by atoms with Gasteiger partial charge >= 0.3 is 11.9 Å². The summed E-state index contributed by atoms with van der Waals surface area (Å²) >= 11 is 0. The van der Waals surface area contributed by atoms with Crippen LogP contribution in [0.15, 0.2) is 90.7 Å². The molecule has 115 heavy (non-hydrogen) atoms. The van der Waals surface area contributed by atoms with E-state index in [-0.39, 0.29) is 184 Å². The highest BCUT2D eigenvalue weighted by Gasteiger charge is 2.34. The number of nitrogens with two attached hydrogens (primary N) is 13. The monoisotopic (exact) mass is 1600 g/mol. The maximum absolute atomic E-state index is 14.9. The van der Waals surface area contributed by atoms with Gasteiger partial charge in [-0.1, -0.05) is 23.4 Å². The van der Waals surface area contributed by atoms with Crippen LogP contribution in [0.5, 0.6) is 0 Å². The number of carboxylic acid groups (broad SMARTS) is 2. The Morgan fingerprint density at radius 2 is 0.730 bits per heavy atom. The molecule has 0 aliphatic carbocycles. The van der Waals surface area contributed by atoms with E-state index in [0.717, 1.165) is 5.69 Å². The maximum atomic E-state index is 14.9. The molecule has 3 aliphatic heterocycles. The number of nitrogens with zero attached hydrogens (tertiary/aromatic N) is 15. The van der Waals surface area contributed by atoms with E-state index in [1.807, 2.05) is 40.1 Å². The molecule has 7 amide bonds. The predicted molar refractivity (Wildman–Crippen MR) is 430 cm³/mol. The highest BCUT2D eigenvalue weighted by atomic mass is 16.4. The zero-order valence-electron chi connectivity index (χ0n) is 64.4. The number of fused-ring (bicyclic) bond motifs is 8. The molecular formula is C70H112N34O11. The summed E-state index contributed by atoms with van der Waals surface area (Å²) in [6.45, 7) is 3.80. The van der Waals surface area contributed by atoms with Gasteiger partial charge in [0.1, 0.15) is 41.9 Å². The molecule has 6 bridgehead atoms. The largest absolute Gasteiger partial charge is 0.480 e. The van der Waals surface area contributed by atoms with E-state index in [9.17, 15) is 53.4 Å². The molecule has 3 aliphatic rings. The molecule has 1 fully saturated rings. The molecule has 628 valence electrons. The number of aliphatic carboxylic acids is 2. The van der Waals surface area contributed by atoms with Crippen molar-refractivity contribution in [1.29, 1.82) is 0 Å². The summed E-state index contributed by atoms with van der Waals surface area (Å²) in [4.78, 5) is 167. The number of benzene rings is 1. The Morgan fingerprint density at radius 1 is 0.391 bits per heavy atom. The van der Waals surface area contributed by atoms with Crippen LogP contribution in [0, 0.1) is 0 Å². The van der Waals surface area contributed by atoms with Gasteiger partial charge in [0.05, 0.1) is 48.6 Å². The molecule has 34 N–H and O–H groups in total. The zero-order valence-corrected chi connectivity index (χ0v) is 64.4. The average molecular weight is 1610 g/mol. The van der Waals surface area contributed by atoms with Crippen molar-refractivity contribution in [2.45, 2.75) is 133 Å². The van der Waals surface area contributed by atoms with Gasteiger partial charge < -0.3 is 117 Å². The molecule has 1 aromatic carbocycles. The summed E-state index contributed by atoms with van der Waals surface area (Å²) in [6, 6.07) is 7.51. The van der Waals surface area contributed by atoms with E-state index in [2.05, 4.69) is 82.0 Å². The Morgan fingerprint density at radius 3 is 1.09 bits per heavy atom. The van der Waals surface area contributed by atoms with Crippen LogP contribution in [0.4, 0.5) is 0 Å². The van der Waals surface area contributed by atoms with Gasteiger partial charge in [-0.2, -0.15) is 0 Å². The Labute approximate surface area is 664 Å². The van der Waals surface area contributed by atoms with Crippen molar-refractivity contribution in [2.24, 2.45) is 104 Å². The van der Waals surface area contributed by atoms with E-state index >= 15 is 0 Å². The van der Waals surface area contributed by atoms with Crippen LogP contribution in [0.3, 0.4) is 0 Å². The molecule has 7 rings (SSSR count). The minimum absolute atomic E-state index is 0.00912. The number of pyridine rings is 2. The second-order valence-corrected chi connectivity index (χ2v) is 27.5. The number of guanidine groups is 6. The van der Waals surface area contributed by atoms with E-state index in [4.69, 9.17) is 84.5 Å². The molecule has 3 aromatic heterocycles. The lowest BCUT2D eigenvalue weighted by Gasteiger charge is -2.33. The molecule has 4 aromatic rings. The van der Waals surface area contributed by atoms with Crippen molar-refractivity contribution >= 4 is 89.0 Å². The van der Waals surface area contributed by atoms with Crippen LogP contribution in [-0.2, 0) is 58.0 Å². The number of hydrogen-bond acceptors (Lipinski definition) is 23. The highest BCUT2D eigenvalue weighted by Crippen LogP contribution is 2.26. The Bertz CT molecular complexity index is 4040. The fourth-order valence-electron chi connectivity index (χ4n) is 12.5. The number of nitrogens with one attached hydrogen (secondary N) is 6. The standard InChI is InChI=1S/C70H112N34O11/c71-58(109)49(10-2-20-84-65(72)73)93-60(111)51(12-4-22-86-67(76)77)95-62(113)53(14-6-24-88-69(80)81)97-64(115)54(15-7-25-89-70(82)83)98-63(114)52(13-5-23-87-68(78)79)96-61(112)50(11-3-21-85-66(74)75)94-59(110)43-18-16-42(17-19-43)44-34-46-38-101-28-32-102(40-56(105)106)30-26-100(27-31-103(33-29-101)41-57(107)108)37-45-8-1-9-48(92-45)55-36-90-99-104(55)39-47(35-44)91-46/h1,8-9,16-19,34-36,49-54H,2-7,10-15,20-33,37-41H2,(H2,71,109)(H,93,111)(H,94,110)(H,95,113)(H,96,112)(H,97,115)(H,98,114)(H,105,106)(H,107,108)(H4,72,73,84)(H4,74,75,85)(H4,76,77,86)(H4,78,79,87)(H4,80,81,88)(H4,82,83,89)/t49-,50+,51+,52-,53-,54+/m0/s1. The molecular weight excluding hydrogens is 1490 g/mol. The van der Waals surface area contributed by atoms with Crippen molar-refractivity contribution < 1.29 is 53.4 Å². The quantitative estimate of drug-likeness (QED) is 0.0111. The van der Waals surface area contributed by atoms with Gasteiger partial charge in [0, 0.05) is 110 Å². The maximum Gasteiger partial charge on any atom is 0.317 e. The molecule has 6 atom stereocenters. The molecule has 0 unspecified atom stereocenters. The molecule has 45 nitrogen and oxygen atoms in total. The number of carbonyl (C=O) groups is 9. The number of hydrogen-bond donors (Lipinski definition) is 21. The number of rotatable bonds is 42. The topological polar surface area (TPSA) is 748 Å². The summed E-state index contributed by atoms with van der Waals surface area (Å²) in [7, 11) is 0. The van der Waals surface area contributed by atoms with Crippen molar-refractivity contribution in [2.75, 3.05) is 105 Å². The number of primary amides is 1. The first kappa shape index (κ1) is 91.2.